The summed E-state index contributed by atoms with van der Waals surface area (Å²) in [5.74, 6) is 0.625. The molecule has 0 saturated carbocycles. The van der Waals surface area contributed by atoms with Gasteiger partial charge in [-0.05, 0) is 0 Å². The molecule has 0 N–H and O–H groups in total. The van der Waals surface area contributed by atoms with E-state index in [0.717, 1.165) is 4.57 Å². The predicted molar refractivity (Wildman–Crippen MR) is 65.6 cm³/mol. The van der Waals surface area contributed by atoms with Crippen LogP contribution in [0.25, 0.3) is 0 Å². The van der Waals surface area contributed by atoms with E-state index in [2.05, 4.69) is 47.5 Å². The van der Waals surface area contributed by atoms with Gasteiger partial charge in [-0.25, -0.2) is 0 Å². The van der Waals surface area contributed by atoms with Crippen LogP contribution in [0.4, 0.5) is 0 Å². The standard InChI is InChI=1S/C7H14B2IN/c1-4-7(5-9(3)10)6-11-8-2/h6-7H,2,4-5H2,1,3H3. The fourth-order valence-corrected chi connectivity index (χ4v) is 1.59. The first kappa shape index (κ1) is 11.4. The molecular formula is C7H14B2IN. The van der Waals surface area contributed by atoms with Crippen LogP contribution in [-0.4, -0.2) is 24.3 Å². The Bertz CT molecular complexity index is 136. The summed E-state index contributed by atoms with van der Waals surface area (Å²) in [5.41, 5.74) is 0. The summed E-state index contributed by atoms with van der Waals surface area (Å²) >= 11 is 2.45. The Balaban J connectivity index is 3.75. The van der Waals surface area contributed by atoms with Crippen LogP contribution in [0.3, 0.4) is 0 Å². The van der Waals surface area contributed by atoms with Gasteiger partial charge in [0.2, 0.25) is 0 Å². The quantitative estimate of drug-likeness (QED) is 0.408. The first-order valence-electron chi connectivity index (χ1n) is 3.99. The molecule has 0 spiro atoms. The van der Waals surface area contributed by atoms with E-state index in [1.807, 2.05) is 6.21 Å². The summed E-state index contributed by atoms with van der Waals surface area (Å²) in [6.45, 7) is 7.97. The van der Waals surface area contributed by atoms with Crippen LogP contribution >= 0.6 is 22.4 Å². The van der Waals surface area contributed by atoms with Crippen LogP contribution < -0.4 is 0 Å². The molecule has 0 radical (unpaired) electrons. The third-order valence-electron chi connectivity index (χ3n) is 1.55. The van der Waals surface area contributed by atoms with Gasteiger partial charge in [-0.2, -0.15) is 0 Å². The topological polar surface area (TPSA) is 12.4 Å². The SMILES string of the molecule is C=BN=CC(CC)CB(C)I. The van der Waals surface area contributed by atoms with Crippen LogP contribution in [0.15, 0.2) is 4.90 Å². The molecule has 0 fully saturated rings. The molecular weight excluding hydrogens is 247 g/mol. The zero-order valence-corrected chi connectivity index (χ0v) is 9.41. The molecule has 0 aromatic heterocycles. The monoisotopic (exact) mass is 261 g/mol. The molecule has 0 amide bonds. The van der Waals surface area contributed by atoms with Crippen LogP contribution in [0, 0.1) is 5.92 Å². The van der Waals surface area contributed by atoms with Crippen molar-refractivity contribution < 1.29 is 0 Å². The normalized spacial score (nSPS) is 13.0. The van der Waals surface area contributed by atoms with Crippen molar-refractivity contribution in [1.82, 2.24) is 0 Å². The van der Waals surface area contributed by atoms with Crippen molar-refractivity contribution in [3.63, 3.8) is 0 Å². The van der Waals surface area contributed by atoms with Gasteiger partial charge in [0, 0.05) is 0 Å². The minimum atomic E-state index is 0.625. The van der Waals surface area contributed by atoms with E-state index in [9.17, 15) is 0 Å². The van der Waals surface area contributed by atoms with Crippen molar-refractivity contribution >= 4 is 46.7 Å². The fraction of sp³-hybridized carbons (Fsp3) is 0.714. The van der Waals surface area contributed by atoms with E-state index in [1.54, 1.807) is 7.06 Å². The molecule has 4 heteroatoms. The number of rotatable bonds is 5. The minimum absolute atomic E-state index is 0.625. The second-order valence-corrected chi connectivity index (χ2v) is 4.79. The van der Waals surface area contributed by atoms with Crippen molar-refractivity contribution in [2.45, 2.75) is 26.5 Å². The molecule has 0 rings (SSSR count). The van der Waals surface area contributed by atoms with E-state index in [4.69, 9.17) is 0 Å². The zero-order chi connectivity index (χ0) is 8.69. The Morgan fingerprint density at radius 2 is 2.45 bits per heavy atom. The van der Waals surface area contributed by atoms with Gasteiger partial charge in [0.25, 0.3) is 0 Å². The van der Waals surface area contributed by atoms with Crippen molar-refractivity contribution in [2.24, 2.45) is 10.8 Å². The molecule has 60 valence electrons. The van der Waals surface area contributed by atoms with Crippen molar-refractivity contribution in [2.75, 3.05) is 0 Å². The van der Waals surface area contributed by atoms with Crippen molar-refractivity contribution in [1.29, 1.82) is 0 Å². The Labute approximate surface area is 83.9 Å². The molecule has 0 bridgehead atoms. The first-order valence-corrected chi connectivity index (χ1v) is 5.23. The van der Waals surface area contributed by atoms with Crippen LogP contribution in [-0.2, 0) is 0 Å². The Hall–Kier alpha value is 0.400. The number of hydrogen-bond acceptors (Lipinski definition) is 1. The maximum absolute atomic E-state index is 4.03. The molecule has 0 aromatic carbocycles. The summed E-state index contributed by atoms with van der Waals surface area (Å²) in [6.07, 6.45) is 4.39. The maximum atomic E-state index is 4.03. The third-order valence-corrected chi connectivity index (χ3v) is 2.06. The molecule has 1 nitrogen and oxygen atoms in total. The second kappa shape index (κ2) is 7.07. The van der Waals surface area contributed by atoms with Crippen LogP contribution in [0.1, 0.15) is 13.3 Å². The zero-order valence-electron chi connectivity index (χ0n) is 7.26. The van der Waals surface area contributed by atoms with Gasteiger partial charge in [-0.3, -0.25) is 0 Å². The van der Waals surface area contributed by atoms with Gasteiger partial charge >= 0.3 is 84.0 Å². The van der Waals surface area contributed by atoms with Crippen molar-refractivity contribution in [3.05, 3.63) is 0 Å². The van der Waals surface area contributed by atoms with Gasteiger partial charge in [-0.1, -0.05) is 0 Å². The second-order valence-electron chi connectivity index (χ2n) is 2.67. The summed E-state index contributed by atoms with van der Waals surface area (Å²) in [4.78, 5) is 4.03. The van der Waals surface area contributed by atoms with Gasteiger partial charge in [0.1, 0.15) is 0 Å². The molecule has 1 atom stereocenters. The molecule has 0 aliphatic carbocycles. The predicted octanol–water partition coefficient (Wildman–Crippen LogP) is 2.19. The van der Waals surface area contributed by atoms with Crippen LogP contribution in [0.2, 0.25) is 13.1 Å². The Morgan fingerprint density at radius 1 is 1.82 bits per heavy atom. The van der Waals surface area contributed by atoms with Gasteiger partial charge in [0.05, 0.1) is 0 Å². The number of hydrogen-bond donors (Lipinski definition) is 0. The molecule has 0 aliphatic rings. The van der Waals surface area contributed by atoms with Gasteiger partial charge in [-0.15, -0.1) is 0 Å². The Kier molecular flexibility index (Phi) is 7.33. The molecule has 1 unspecified atom stereocenters. The number of halogens is 1. The third kappa shape index (κ3) is 6.78. The molecule has 0 aliphatic heterocycles. The molecule has 0 heterocycles. The molecule has 11 heavy (non-hydrogen) atoms. The summed E-state index contributed by atoms with van der Waals surface area (Å²) < 4.78 is 0.730. The molecule has 0 saturated heterocycles. The van der Waals surface area contributed by atoms with E-state index in [0.29, 0.717) is 5.92 Å². The Morgan fingerprint density at radius 3 is 2.82 bits per heavy atom. The van der Waals surface area contributed by atoms with Gasteiger partial charge < -0.3 is 0 Å². The van der Waals surface area contributed by atoms with E-state index >= 15 is 0 Å². The van der Waals surface area contributed by atoms with E-state index in [-0.39, 0.29) is 0 Å². The van der Waals surface area contributed by atoms with E-state index < -0.39 is 0 Å². The van der Waals surface area contributed by atoms with Crippen molar-refractivity contribution in [3.8, 4) is 0 Å². The number of nitrogens with zero attached hydrogens (tertiary/aromatic N) is 1. The fourth-order valence-electron chi connectivity index (χ4n) is 0.933. The summed E-state index contributed by atoms with van der Waals surface area (Å²) in [6, 6.07) is 0. The average molecular weight is 261 g/mol. The first-order chi connectivity index (χ1) is 5.20. The molecule has 0 aromatic rings. The van der Waals surface area contributed by atoms with Gasteiger partial charge in [0.15, 0.2) is 0 Å². The van der Waals surface area contributed by atoms with Crippen LogP contribution in [0.5, 0.6) is 0 Å². The summed E-state index contributed by atoms with van der Waals surface area (Å²) in [7, 11) is 1.60. The van der Waals surface area contributed by atoms with E-state index in [1.165, 1.54) is 12.7 Å². The average Bonchev–Trinajstić information content (AvgIpc) is 1.97. The summed E-state index contributed by atoms with van der Waals surface area (Å²) in [5, 5.41) is 0.